The van der Waals surface area contributed by atoms with Crippen LogP contribution in [-0.4, -0.2) is 43.4 Å². The van der Waals surface area contributed by atoms with E-state index in [0.717, 1.165) is 22.4 Å². The second kappa shape index (κ2) is 7.94. The first-order valence-electron chi connectivity index (χ1n) is 10.3. The van der Waals surface area contributed by atoms with Gasteiger partial charge in [0.25, 0.3) is 5.56 Å². The van der Waals surface area contributed by atoms with E-state index in [-0.39, 0.29) is 5.56 Å². The minimum Gasteiger partial charge on any atom is -0.497 e. The number of fused-ring (bicyclic) bond motifs is 1. The Morgan fingerprint density at radius 1 is 1.03 bits per heavy atom. The van der Waals surface area contributed by atoms with Crippen molar-refractivity contribution in [3.63, 3.8) is 0 Å². The zero-order chi connectivity index (χ0) is 23.1. The van der Waals surface area contributed by atoms with Crippen molar-refractivity contribution in [2.24, 2.45) is 7.05 Å². The predicted octanol–water partition coefficient (Wildman–Crippen LogP) is 3.48. The van der Waals surface area contributed by atoms with Crippen LogP contribution in [0.5, 0.6) is 11.5 Å². The SMILES string of the molecule is COc1ccnc(-c2c(-c3cccc(OC)c3C)cn3nc(-c4nccn4C)[nH]c(=O)c23)c1. The summed E-state index contributed by atoms with van der Waals surface area (Å²) in [5.74, 6) is 2.32. The van der Waals surface area contributed by atoms with Crippen molar-refractivity contribution in [3.8, 4) is 45.5 Å². The molecule has 0 aliphatic rings. The van der Waals surface area contributed by atoms with Gasteiger partial charge < -0.3 is 19.0 Å². The summed E-state index contributed by atoms with van der Waals surface area (Å²) >= 11 is 0. The summed E-state index contributed by atoms with van der Waals surface area (Å²) in [5, 5.41) is 4.67. The van der Waals surface area contributed by atoms with Gasteiger partial charge in [-0.3, -0.25) is 9.78 Å². The summed E-state index contributed by atoms with van der Waals surface area (Å²) < 4.78 is 14.3. The Hall–Kier alpha value is -4.40. The smallest absolute Gasteiger partial charge is 0.276 e. The molecule has 0 amide bonds. The zero-order valence-electron chi connectivity index (χ0n) is 18.7. The van der Waals surface area contributed by atoms with Crippen LogP contribution in [0, 0.1) is 6.92 Å². The topological polar surface area (TPSA) is 99.3 Å². The van der Waals surface area contributed by atoms with Crippen LogP contribution in [-0.2, 0) is 7.05 Å². The molecule has 166 valence electrons. The highest BCUT2D eigenvalue weighted by Gasteiger charge is 2.22. The van der Waals surface area contributed by atoms with Gasteiger partial charge >= 0.3 is 0 Å². The number of imidazole rings is 1. The molecule has 9 nitrogen and oxygen atoms in total. The molecule has 5 aromatic rings. The monoisotopic (exact) mass is 442 g/mol. The van der Waals surface area contributed by atoms with Crippen LogP contribution in [0.4, 0.5) is 0 Å². The maximum atomic E-state index is 13.4. The molecule has 33 heavy (non-hydrogen) atoms. The fourth-order valence-corrected chi connectivity index (χ4v) is 4.05. The van der Waals surface area contributed by atoms with E-state index < -0.39 is 0 Å². The minimum atomic E-state index is -0.297. The molecule has 0 fully saturated rings. The first-order valence-corrected chi connectivity index (χ1v) is 10.3. The van der Waals surface area contributed by atoms with E-state index in [9.17, 15) is 4.79 Å². The first-order chi connectivity index (χ1) is 16.0. The van der Waals surface area contributed by atoms with Crippen molar-refractivity contribution in [2.75, 3.05) is 14.2 Å². The zero-order valence-corrected chi connectivity index (χ0v) is 18.7. The van der Waals surface area contributed by atoms with E-state index in [1.165, 1.54) is 0 Å². The molecule has 0 unspecified atom stereocenters. The van der Waals surface area contributed by atoms with Crippen LogP contribution in [0.15, 0.2) is 59.9 Å². The Morgan fingerprint density at radius 2 is 1.88 bits per heavy atom. The lowest BCUT2D eigenvalue weighted by Crippen LogP contribution is -2.15. The lowest BCUT2D eigenvalue weighted by atomic mass is 9.96. The predicted molar refractivity (Wildman–Crippen MR) is 125 cm³/mol. The first kappa shape index (κ1) is 20.5. The number of nitrogens with one attached hydrogen (secondary N) is 1. The molecule has 1 N–H and O–H groups in total. The number of pyridine rings is 1. The number of H-pyrrole nitrogens is 1. The van der Waals surface area contributed by atoms with Gasteiger partial charge in [-0.15, -0.1) is 5.10 Å². The fourth-order valence-electron chi connectivity index (χ4n) is 4.05. The van der Waals surface area contributed by atoms with Crippen LogP contribution in [0.25, 0.3) is 39.5 Å². The molecule has 0 atom stereocenters. The normalized spacial score (nSPS) is 11.2. The Bertz CT molecular complexity index is 1550. The van der Waals surface area contributed by atoms with Crippen LogP contribution in [0.2, 0.25) is 0 Å². The molecule has 4 aromatic heterocycles. The number of aromatic amines is 1. The molecule has 0 saturated carbocycles. The summed E-state index contributed by atoms with van der Waals surface area (Å²) in [5.41, 5.74) is 4.01. The van der Waals surface area contributed by atoms with Gasteiger partial charge in [0.2, 0.25) is 0 Å². The molecule has 0 radical (unpaired) electrons. The third kappa shape index (κ3) is 3.34. The fraction of sp³-hybridized carbons (Fsp3) is 0.167. The molecule has 4 heterocycles. The van der Waals surface area contributed by atoms with E-state index in [2.05, 4.69) is 20.1 Å². The molecule has 1 aromatic carbocycles. The van der Waals surface area contributed by atoms with Crippen molar-refractivity contribution in [3.05, 3.63) is 71.0 Å². The number of aromatic nitrogens is 6. The van der Waals surface area contributed by atoms with Gasteiger partial charge in [0.1, 0.15) is 17.0 Å². The third-order valence-electron chi connectivity index (χ3n) is 5.69. The summed E-state index contributed by atoms with van der Waals surface area (Å²) in [6.07, 6.45) is 6.96. The van der Waals surface area contributed by atoms with Crippen LogP contribution in [0.1, 0.15) is 5.56 Å². The maximum absolute atomic E-state index is 13.4. The molecule has 9 heteroatoms. The molecule has 5 rings (SSSR count). The highest BCUT2D eigenvalue weighted by Crippen LogP contribution is 2.39. The number of hydrogen-bond acceptors (Lipinski definition) is 6. The highest BCUT2D eigenvalue weighted by atomic mass is 16.5. The number of aryl methyl sites for hydroxylation is 1. The van der Waals surface area contributed by atoms with Crippen molar-refractivity contribution < 1.29 is 9.47 Å². The highest BCUT2D eigenvalue weighted by molar-refractivity contribution is 5.94. The van der Waals surface area contributed by atoms with Gasteiger partial charge in [-0.1, -0.05) is 12.1 Å². The van der Waals surface area contributed by atoms with E-state index in [1.807, 2.05) is 38.4 Å². The second-order valence-corrected chi connectivity index (χ2v) is 7.59. The Kier molecular flexibility index (Phi) is 4.93. The van der Waals surface area contributed by atoms with Gasteiger partial charge in [-0.25, -0.2) is 9.50 Å². The van der Waals surface area contributed by atoms with Crippen molar-refractivity contribution in [1.29, 1.82) is 0 Å². The average molecular weight is 442 g/mol. The third-order valence-corrected chi connectivity index (χ3v) is 5.69. The number of ether oxygens (including phenoxy) is 2. The maximum Gasteiger partial charge on any atom is 0.276 e. The van der Waals surface area contributed by atoms with E-state index >= 15 is 0 Å². The Balaban J connectivity index is 1.86. The van der Waals surface area contributed by atoms with Crippen LogP contribution < -0.4 is 15.0 Å². The average Bonchev–Trinajstić information content (AvgIpc) is 3.43. The molecule has 0 aliphatic carbocycles. The number of nitrogens with zero attached hydrogens (tertiary/aromatic N) is 5. The van der Waals surface area contributed by atoms with Gasteiger partial charge in [-0.2, -0.15) is 0 Å². The molecule has 0 saturated heterocycles. The van der Waals surface area contributed by atoms with Crippen molar-refractivity contribution in [1.82, 2.24) is 29.1 Å². The lowest BCUT2D eigenvalue weighted by Gasteiger charge is -2.11. The van der Waals surface area contributed by atoms with Gasteiger partial charge in [0.15, 0.2) is 11.6 Å². The van der Waals surface area contributed by atoms with Crippen LogP contribution >= 0.6 is 0 Å². The van der Waals surface area contributed by atoms with E-state index in [0.29, 0.717) is 34.2 Å². The van der Waals surface area contributed by atoms with Crippen molar-refractivity contribution in [2.45, 2.75) is 6.92 Å². The van der Waals surface area contributed by atoms with Crippen LogP contribution in [0.3, 0.4) is 0 Å². The van der Waals surface area contributed by atoms with E-state index in [4.69, 9.17) is 9.47 Å². The minimum absolute atomic E-state index is 0.297. The summed E-state index contributed by atoms with van der Waals surface area (Å²) in [7, 11) is 5.08. The summed E-state index contributed by atoms with van der Waals surface area (Å²) in [4.78, 5) is 25.1. The standard InChI is InChI=1S/C24H22N6O3/c1-14-16(6-5-7-19(14)33-4)17-13-30-21(20(17)18-12-15(32-3)8-9-25-18)24(31)27-22(28-30)23-26-10-11-29(23)2/h5-13H,1-4H3,(H,27,28,31). The Labute approximate surface area is 189 Å². The largest absolute Gasteiger partial charge is 0.497 e. The molecular formula is C24H22N6O3. The number of rotatable bonds is 5. The quantitative estimate of drug-likeness (QED) is 0.447. The lowest BCUT2D eigenvalue weighted by molar-refractivity contribution is 0.412. The summed E-state index contributed by atoms with van der Waals surface area (Å²) in [6.45, 7) is 1.98. The van der Waals surface area contributed by atoms with E-state index in [1.54, 1.807) is 54.0 Å². The van der Waals surface area contributed by atoms with Gasteiger partial charge in [0.05, 0.1) is 19.9 Å². The molecule has 0 spiro atoms. The number of benzene rings is 1. The van der Waals surface area contributed by atoms with Gasteiger partial charge in [-0.05, 0) is 30.2 Å². The number of methoxy groups -OCH3 is 2. The number of hydrogen-bond donors (Lipinski definition) is 1. The van der Waals surface area contributed by atoms with Crippen molar-refractivity contribution >= 4 is 5.52 Å². The Morgan fingerprint density at radius 3 is 2.61 bits per heavy atom. The summed E-state index contributed by atoms with van der Waals surface area (Å²) in [6, 6.07) is 9.39. The van der Waals surface area contributed by atoms with Gasteiger partial charge in [0, 0.05) is 49.0 Å². The molecular weight excluding hydrogens is 420 g/mol. The molecule has 0 bridgehead atoms. The second-order valence-electron chi connectivity index (χ2n) is 7.59. The molecule has 0 aliphatic heterocycles.